The van der Waals surface area contributed by atoms with Crippen LogP contribution in [-0.4, -0.2) is 67.6 Å². The SMILES string of the molecule is CC(CO)(CO)C(=O)O.CCCCCCCCCCCC(=O)[O-].CCCCCCCCCCCC(=O)[O-].CCC[CH2][Sn+2][CH2]CCC. The number of hydrogen-bond donors (Lipinski definition) is 3. The number of aliphatic hydroxyl groups is 2. The number of aliphatic hydroxyl groups excluding tert-OH is 2. The van der Waals surface area contributed by atoms with Gasteiger partial charge >= 0.3 is 75.5 Å². The molecule has 0 bridgehead atoms. The van der Waals surface area contributed by atoms with E-state index in [2.05, 4.69) is 27.7 Å². The zero-order chi connectivity index (χ0) is 35.7. The molecule has 0 fully saturated rings. The molecule has 0 spiro atoms. The van der Waals surface area contributed by atoms with E-state index in [1.54, 1.807) is 8.87 Å². The van der Waals surface area contributed by atoms with Crippen LogP contribution in [0.1, 0.15) is 189 Å². The van der Waals surface area contributed by atoms with Crippen molar-refractivity contribution < 1.29 is 39.9 Å². The fraction of sp³-hybridized carbons (Fsp3) is 0.919. The van der Waals surface area contributed by atoms with Gasteiger partial charge in [-0.3, -0.25) is 4.79 Å². The number of unbranched alkanes of at least 4 members (excludes halogenated alkanes) is 18. The van der Waals surface area contributed by atoms with E-state index in [9.17, 15) is 24.6 Å². The Labute approximate surface area is 294 Å². The van der Waals surface area contributed by atoms with Crippen LogP contribution in [0.4, 0.5) is 0 Å². The second kappa shape index (κ2) is 44.1. The van der Waals surface area contributed by atoms with E-state index in [1.807, 2.05) is 0 Å². The van der Waals surface area contributed by atoms with Gasteiger partial charge in [0, 0.05) is 11.9 Å². The van der Waals surface area contributed by atoms with Crippen molar-refractivity contribution in [3.05, 3.63) is 0 Å². The first-order chi connectivity index (χ1) is 22.0. The number of carbonyl (C=O) groups is 3. The third-order valence-corrected chi connectivity index (χ3v) is 11.6. The van der Waals surface area contributed by atoms with Crippen molar-refractivity contribution in [2.24, 2.45) is 5.41 Å². The van der Waals surface area contributed by atoms with Gasteiger partial charge in [-0.25, -0.2) is 0 Å². The van der Waals surface area contributed by atoms with Gasteiger partial charge in [-0.05, 0) is 32.6 Å². The van der Waals surface area contributed by atoms with Crippen molar-refractivity contribution in [2.45, 2.75) is 198 Å². The summed E-state index contributed by atoms with van der Waals surface area (Å²) < 4.78 is 3.25. The van der Waals surface area contributed by atoms with Crippen LogP contribution in [0, 0.1) is 5.41 Å². The summed E-state index contributed by atoms with van der Waals surface area (Å²) in [5.74, 6) is -3.01. The van der Waals surface area contributed by atoms with Crippen LogP contribution >= 0.6 is 0 Å². The maximum absolute atomic E-state index is 10.2. The molecule has 0 aliphatic rings. The third kappa shape index (κ3) is 50.0. The Bertz CT molecular complexity index is 588. The van der Waals surface area contributed by atoms with Crippen molar-refractivity contribution in [1.29, 1.82) is 0 Å². The van der Waals surface area contributed by atoms with Crippen LogP contribution in [0.15, 0.2) is 0 Å². The Morgan fingerprint density at radius 1 is 0.500 bits per heavy atom. The Hall–Kier alpha value is -0.871. The molecule has 0 rings (SSSR count). The summed E-state index contributed by atoms with van der Waals surface area (Å²) in [5, 5.41) is 45.3. The van der Waals surface area contributed by atoms with Crippen LogP contribution in [0.3, 0.4) is 0 Å². The molecule has 274 valence electrons. The van der Waals surface area contributed by atoms with Gasteiger partial charge in [0.15, 0.2) is 0 Å². The molecule has 9 heteroatoms. The quantitative estimate of drug-likeness (QED) is 0.0522. The maximum atomic E-state index is 10.2. The molecular formula is C37H74O8Sn. The van der Waals surface area contributed by atoms with Crippen LogP contribution in [-0.2, 0) is 14.4 Å². The summed E-state index contributed by atoms with van der Waals surface area (Å²) in [4.78, 5) is 30.4. The van der Waals surface area contributed by atoms with Gasteiger partial charge in [-0.15, -0.1) is 0 Å². The van der Waals surface area contributed by atoms with Crippen molar-refractivity contribution in [3.63, 3.8) is 0 Å². The second-order valence-corrected chi connectivity index (χ2v) is 16.8. The topological polar surface area (TPSA) is 158 Å². The molecule has 8 nitrogen and oxygen atoms in total. The van der Waals surface area contributed by atoms with E-state index in [-0.39, 0.29) is 34.0 Å². The zero-order valence-corrected chi connectivity index (χ0v) is 33.5. The van der Waals surface area contributed by atoms with E-state index in [0.717, 1.165) is 25.7 Å². The number of carboxylic acid groups (broad SMARTS) is 3. The summed E-state index contributed by atoms with van der Waals surface area (Å²) in [5.41, 5.74) is -1.39. The average Bonchev–Trinajstić information content (AvgIpc) is 3.03. The fourth-order valence-electron chi connectivity index (χ4n) is 4.07. The molecule has 0 unspecified atom stereocenters. The van der Waals surface area contributed by atoms with Gasteiger partial charge < -0.3 is 35.1 Å². The van der Waals surface area contributed by atoms with Crippen molar-refractivity contribution in [1.82, 2.24) is 0 Å². The molecule has 0 aromatic rings. The van der Waals surface area contributed by atoms with E-state index in [1.165, 1.54) is 122 Å². The normalized spacial score (nSPS) is 10.3. The molecule has 46 heavy (non-hydrogen) atoms. The molecule has 0 aliphatic carbocycles. The second-order valence-electron chi connectivity index (χ2n) is 12.5. The van der Waals surface area contributed by atoms with Gasteiger partial charge in [-0.1, -0.05) is 117 Å². The van der Waals surface area contributed by atoms with Gasteiger partial charge in [0.05, 0.1) is 13.2 Å². The Balaban J connectivity index is -0.000000261. The molecule has 0 radical (unpaired) electrons. The third-order valence-electron chi connectivity index (χ3n) is 7.60. The molecule has 0 aromatic carbocycles. The summed E-state index contributed by atoms with van der Waals surface area (Å²) in [6.45, 7) is 9.21. The van der Waals surface area contributed by atoms with Gasteiger partial charge in [0.25, 0.3) is 0 Å². The number of carbonyl (C=O) groups excluding carboxylic acids is 2. The van der Waals surface area contributed by atoms with E-state index in [4.69, 9.17) is 15.3 Å². The monoisotopic (exact) mass is 766 g/mol. The van der Waals surface area contributed by atoms with Crippen molar-refractivity contribution >= 4 is 39.1 Å². The average molecular weight is 766 g/mol. The Morgan fingerprint density at radius 3 is 0.957 bits per heavy atom. The first kappa shape index (κ1) is 52.0. The van der Waals surface area contributed by atoms with Crippen molar-refractivity contribution in [3.8, 4) is 0 Å². The summed E-state index contributed by atoms with van der Waals surface area (Å²) in [6.07, 6.45) is 28.2. The molecule has 0 aliphatic heterocycles. The predicted octanol–water partition coefficient (Wildman–Crippen LogP) is 7.50. The number of hydrogen-bond acceptors (Lipinski definition) is 7. The van der Waals surface area contributed by atoms with E-state index >= 15 is 0 Å². The number of aliphatic carboxylic acids is 3. The Kier molecular flexibility index (Phi) is 49.8. The molecule has 0 saturated carbocycles. The first-order valence-electron chi connectivity index (χ1n) is 18.6. The van der Waals surface area contributed by atoms with Crippen molar-refractivity contribution in [2.75, 3.05) is 13.2 Å². The minimum atomic E-state index is -1.39. The first-order valence-corrected chi connectivity index (χ1v) is 22.6. The number of rotatable bonds is 29. The molecule has 0 saturated heterocycles. The van der Waals surface area contributed by atoms with Crippen LogP contribution in [0.25, 0.3) is 0 Å². The standard InChI is InChI=1S/2C12H24O2.C5H10O4.2C4H9.Sn/c2*1-2-3-4-5-6-7-8-9-10-11-12(13)14;1-5(2-6,3-7)4(8)9;2*1-3-4-2;/h2*2-11H2,1H3,(H,13,14);6-7H,2-3H2,1H3,(H,8,9);2*1,3-4H2,2H3;/q;;;;;+2/p-2. The molecular weight excluding hydrogens is 691 g/mol. The van der Waals surface area contributed by atoms with E-state index in [0.29, 0.717) is 0 Å². The minimum absolute atomic E-state index is 0.149. The van der Waals surface area contributed by atoms with Crippen LogP contribution in [0.5, 0.6) is 0 Å². The van der Waals surface area contributed by atoms with Crippen LogP contribution < -0.4 is 10.2 Å². The summed E-state index contributed by atoms with van der Waals surface area (Å²) >= 11 is 0.149. The molecule has 0 heterocycles. The molecule has 0 atom stereocenters. The van der Waals surface area contributed by atoms with Crippen LogP contribution in [0.2, 0.25) is 8.87 Å². The van der Waals surface area contributed by atoms with E-state index < -0.39 is 36.5 Å². The summed E-state index contributed by atoms with van der Waals surface area (Å²) in [7, 11) is 0. The van der Waals surface area contributed by atoms with Gasteiger partial charge in [-0.2, -0.15) is 0 Å². The zero-order valence-electron chi connectivity index (χ0n) is 30.7. The molecule has 0 aromatic heterocycles. The molecule has 0 amide bonds. The molecule has 3 N–H and O–H groups in total. The fourth-order valence-corrected chi connectivity index (χ4v) is 8.23. The van der Waals surface area contributed by atoms with Gasteiger partial charge in [0.1, 0.15) is 5.41 Å². The Morgan fingerprint density at radius 2 is 0.761 bits per heavy atom. The van der Waals surface area contributed by atoms with Gasteiger partial charge in [0.2, 0.25) is 0 Å². The number of carboxylic acids is 3. The summed E-state index contributed by atoms with van der Waals surface area (Å²) in [6, 6.07) is 0. The predicted molar refractivity (Wildman–Crippen MR) is 189 cm³/mol.